The highest BCUT2D eigenvalue weighted by Crippen LogP contribution is 2.22. The van der Waals surface area contributed by atoms with Gasteiger partial charge < -0.3 is 10.7 Å². The molecule has 3 N–H and O–H groups in total. The van der Waals surface area contributed by atoms with Crippen molar-refractivity contribution in [3.63, 3.8) is 0 Å². The molecule has 2 aromatic heterocycles. The van der Waals surface area contributed by atoms with E-state index in [9.17, 15) is 0 Å². The minimum absolute atomic E-state index is 0.192. The van der Waals surface area contributed by atoms with Crippen LogP contribution in [0.5, 0.6) is 0 Å². The number of nitrogens with two attached hydrogens (primary N) is 1. The van der Waals surface area contributed by atoms with Crippen LogP contribution in [0.2, 0.25) is 0 Å². The van der Waals surface area contributed by atoms with Gasteiger partial charge in [-0.15, -0.1) is 0 Å². The van der Waals surface area contributed by atoms with Gasteiger partial charge in [0.15, 0.2) is 0 Å². The van der Waals surface area contributed by atoms with E-state index >= 15 is 0 Å². The number of nitrogen functional groups attached to an aromatic ring is 1. The van der Waals surface area contributed by atoms with Crippen molar-refractivity contribution >= 4 is 5.69 Å². The highest BCUT2D eigenvalue weighted by molar-refractivity contribution is 5.36. The summed E-state index contributed by atoms with van der Waals surface area (Å²) < 4.78 is 0. The summed E-state index contributed by atoms with van der Waals surface area (Å²) in [5, 5.41) is 0. The number of hydrogen-bond donors (Lipinski definition) is 2. The Kier molecular flexibility index (Phi) is 2.41. The molecule has 2 aromatic rings. The van der Waals surface area contributed by atoms with Gasteiger partial charge in [0.25, 0.3) is 0 Å². The van der Waals surface area contributed by atoms with Gasteiger partial charge in [-0.1, -0.05) is 6.92 Å². The molecule has 0 aromatic carbocycles. The average molecular weight is 202 g/mol. The Morgan fingerprint density at radius 2 is 2.13 bits per heavy atom. The molecule has 0 saturated heterocycles. The Morgan fingerprint density at radius 1 is 1.33 bits per heavy atom. The lowest BCUT2D eigenvalue weighted by Gasteiger charge is -2.09. The smallest absolute Gasteiger partial charge is 0.0925 e. The number of nitrogens with one attached hydrogen (secondary N) is 1. The third-order valence-electron chi connectivity index (χ3n) is 2.53. The number of pyridine rings is 1. The summed E-state index contributed by atoms with van der Waals surface area (Å²) in [4.78, 5) is 11.7. The van der Waals surface area contributed by atoms with Crippen LogP contribution in [-0.4, -0.2) is 15.0 Å². The molecule has 0 saturated carbocycles. The first-order valence-corrected chi connectivity index (χ1v) is 4.90. The number of anilines is 1. The predicted octanol–water partition coefficient (Wildman–Crippen LogP) is 1.85. The van der Waals surface area contributed by atoms with Gasteiger partial charge in [0.05, 0.1) is 23.9 Å². The summed E-state index contributed by atoms with van der Waals surface area (Å²) in [6.45, 7) is 4.10. The van der Waals surface area contributed by atoms with E-state index in [4.69, 9.17) is 5.73 Å². The van der Waals surface area contributed by atoms with Gasteiger partial charge in [0.1, 0.15) is 0 Å². The van der Waals surface area contributed by atoms with Crippen molar-refractivity contribution in [1.82, 2.24) is 15.0 Å². The van der Waals surface area contributed by atoms with E-state index in [-0.39, 0.29) is 5.92 Å². The molecule has 0 aliphatic heterocycles. The normalized spacial score (nSPS) is 12.7. The minimum atomic E-state index is 0.192. The standard InChI is InChI=1S/C11H14N4/c1-7(11-8(2)14-6-15-11)10-4-3-9(12)5-13-10/h3-7H,12H2,1-2H3,(H,14,15). The highest BCUT2D eigenvalue weighted by Gasteiger charge is 2.14. The van der Waals surface area contributed by atoms with E-state index in [1.807, 2.05) is 19.1 Å². The van der Waals surface area contributed by atoms with Crippen molar-refractivity contribution in [1.29, 1.82) is 0 Å². The molecule has 1 unspecified atom stereocenters. The fraction of sp³-hybridized carbons (Fsp3) is 0.273. The van der Waals surface area contributed by atoms with Crippen molar-refractivity contribution in [2.24, 2.45) is 0 Å². The number of rotatable bonds is 2. The first-order chi connectivity index (χ1) is 7.18. The van der Waals surface area contributed by atoms with Crippen LogP contribution in [0.25, 0.3) is 0 Å². The number of H-pyrrole nitrogens is 1. The number of imidazole rings is 1. The van der Waals surface area contributed by atoms with E-state index < -0.39 is 0 Å². The fourth-order valence-electron chi connectivity index (χ4n) is 1.62. The lowest BCUT2D eigenvalue weighted by molar-refractivity contribution is 0.832. The summed E-state index contributed by atoms with van der Waals surface area (Å²) >= 11 is 0. The van der Waals surface area contributed by atoms with Gasteiger partial charge in [0, 0.05) is 17.3 Å². The Labute approximate surface area is 88.6 Å². The lowest BCUT2D eigenvalue weighted by atomic mass is 10.0. The molecule has 0 spiro atoms. The molecule has 2 heterocycles. The van der Waals surface area contributed by atoms with E-state index in [2.05, 4.69) is 21.9 Å². The first kappa shape index (κ1) is 9.71. The van der Waals surface area contributed by atoms with E-state index in [0.29, 0.717) is 5.69 Å². The van der Waals surface area contributed by atoms with Crippen molar-refractivity contribution in [3.8, 4) is 0 Å². The van der Waals surface area contributed by atoms with Gasteiger partial charge in [-0.2, -0.15) is 0 Å². The lowest BCUT2D eigenvalue weighted by Crippen LogP contribution is -2.01. The maximum Gasteiger partial charge on any atom is 0.0925 e. The predicted molar refractivity (Wildman–Crippen MR) is 59.5 cm³/mol. The molecule has 0 aliphatic carbocycles. The minimum Gasteiger partial charge on any atom is -0.397 e. The second kappa shape index (κ2) is 3.73. The van der Waals surface area contributed by atoms with Crippen LogP contribution in [0.1, 0.15) is 29.9 Å². The van der Waals surface area contributed by atoms with Gasteiger partial charge in [0.2, 0.25) is 0 Å². The number of nitrogens with zero attached hydrogens (tertiary/aromatic N) is 2. The number of aryl methyl sites for hydroxylation is 1. The van der Waals surface area contributed by atoms with Crippen LogP contribution in [0.3, 0.4) is 0 Å². The van der Waals surface area contributed by atoms with Crippen LogP contribution in [0.4, 0.5) is 5.69 Å². The third kappa shape index (κ3) is 1.83. The summed E-state index contributed by atoms with van der Waals surface area (Å²) in [6.07, 6.45) is 3.38. The van der Waals surface area contributed by atoms with E-state index in [0.717, 1.165) is 17.1 Å². The molecule has 1 atom stereocenters. The molecule has 4 nitrogen and oxygen atoms in total. The van der Waals surface area contributed by atoms with Gasteiger partial charge in [-0.25, -0.2) is 4.98 Å². The molecule has 78 valence electrons. The summed E-state index contributed by atoms with van der Waals surface area (Å²) in [6, 6.07) is 3.80. The largest absolute Gasteiger partial charge is 0.397 e. The topological polar surface area (TPSA) is 67.6 Å². The molecule has 0 aliphatic rings. The summed E-state index contributed by atoms with van der Waals surface area (Å²) in [7, 11) is 0. The van der Waals surface area contributed by atoms with Crippen LogP contribution < -0.4 is 5.73 Å². The van der Waals surface area contributed by atoms with Crippen LogP contribution in [-0.2, 0) is 0 Å². The molecule has 0 fully saturated rings. The molecule has 0 bridgehead atoms. The van der Waals surface area contributed by atoms with Gasteiger partial charge >= 0.3 is 0 Å². The second-order valence-electron chi connectivity index (χ2n) is 3.65. The van der Waals surface area contributed by atoms with Crippen LogP contribution >= 0.6 is 0 Å². The zero-order chi connectivity index (χ0) is 10.8. The summed E-state index contributed by atoms with van der Waals surface area (Å²) in [5.74, 6) is 0.192. The first-order valence-electron chi connectivity index (χ1n) is 4.90. The molecule has 15 heavy (non-hydrogen) atoms. The Bertz CT molecular complexity index is 444. The Balaban J connectivity index is 2.32. The number of aromatic amines is 1. The quantitative estimate of drug-likeness (QED) is 0.780. The summed E-state index contributed by atoms with van der Waals surface area (Å²) in [5.41, 5.74) is 9.38. The zero-order valence-corrected chi connectivity index (χ0v) is 8.86. The molecule has 0 amide bonds. The van der Waals surface area contributed by atoms with Crippen molar-refractivity contribution in [2.75, 3.05) is 5.73 Å². The van der Waals surface area contributed by atoms with Gasteiger partial charge in [-0.05, 0) is 19.1 Å². The molecular weight excluding hydrogens is 188 g/mol. The van der Waals surface area contributed by atoms with Gasteiger partial charge in [-0.3, -0.25) is 4.98 Å². The van der Waals surface area contributed by atoms with Crippen LogP contribution in [0.15, 0.2) is 24.7 Å². The SMILES string of the molecule is Cc1[nH]cnc1C(C)c1ccc(N)cn1. The maximum atomic E-state index is 5.59. The van der Waals surface area contributed by atoms with Crippen molar-refractivity contribution in [2.45, 2.75) is 19.8 Å². The molecular formula is C11H14N4. The fourth-order valence-corrected chi connectivity index (χ4v) is 1.62. The molecule has 4 heteroatoms. The maximum absolute atomic E-state index is 5.59. The third-order valence-corrected chi connectivity index (χ3v) is 2.53. The Morgan fingerprint density at radius 3 is 2.67 bits per heavy atom. The average Bonchev–Trinajstić information content (AvgIpc) is 2.65. The van der Waals surface area contributed by atoms with E-state index in [1.165, 1.54) is 0 Å². The Hall–Kier alpha value is -1.84. The van der Waals surface area contributed by atoms with Crippen molar-refractivity contribution < 1.29 is 0 Å². The van der Waals surface area contributed by atoms with Crippen LogP contribution in [0, 0.1) is 6.92 Å². The molecule has 0 radical (unpaired) electrons. The number of aromatic nitrogens is 3. The van der Waals surface area contributed by atoms with Crippen molar-refractivity contribution in [3.05, 3.63) is 41.7 Å². The number of hydrogen-bond acceptors (Lipinski definition) is 3. The second-order valence-corrected chi connectivity index (χ2v) is 3.65. The zero-order valence-electron chi connectivity index (χ0n) is 8.86. The molecule has 2 rings (SSSR count). The highest BCUT2D eigenvalue weighted by atomic mass is 14.9. The monoisotopic (exact) mass is 202 g/mol. The van der Waals surface area contributed by atoms with E-state index in [1.54, 1.807) is 12.5 Å².